The van der Waals surface area contributed by atoms with Crippen LogP contribution in [0.25, 0.3) is 0 Å². The molecule has 3 N–H and O–H groups in total. The average molecular weight is 356 g/mol. The van der Waals surface area contributed by atoms with Gasteiger partial charge in [-0.1, -0.05) is 0 Å². The van der Waals surface area contributed by atoms with E-state index in [9.17, 15) is 14.4 Å². The van der Waals surface area contributed by atoms with Crippen LogP contribution in [0.2, 0.25) is 0 Å². The number of nitrogens with one attached hydrogen (secondary N) is 1. The van der Waals surface area contributed by atoms with Gasteiger partial charge in [0.2, 0.25) is 0 Å². The minimum Gasteiger partial charge on any atom is -0.427 e. The summed E-state index contributed by atoms with van der Waals surface area (Å²) in [5, 5.41) is 6.73. The number of piperidine rings is 1. The second-order valence-corrected chi connectivity index (χ2v) is 6.20. The standard InChI is InChI=1S/C18H20N4O4/c1-11(23)26-13-7-5-12(6-8-13)18(25)22-9-3-2-4-16(22)14-10-15(17(19)24)21-20-14/h5-8,10,16H,2-4,9H2,1H3,(H2,19,24)(H,20,21). The molecule has 2 amide bonds. The number of nitrogens with zero attached hydrogens (tertiary/aromatic N) is 2. The third-order valence-electron chi connectivity index (χ3n) is 4.34. The summed E-state index contributed by atoms with van der Waals surface area (Å²) in [6.45, 7) is 1.93. The first-order chi connectivity index (χ1) is 12.5. The number of carbonyl (C=O) groups excluding carboxylic acids is 3. The third-order valence-corrected chi connectivity index (χ3v) is 4.34. The molecule has 2 heterocycles. The minimum atomic E-state index is -0.609. The van der Waals surface area contributed by atoms with Crippen LogP contribution in [0.1, 0.15) is 58.8 Å². The van der Waals surface area contributed by atoms with Crippen molar-refractivity contribution in [3.63, 3.8) is 0 Å². The second kappa shape index (κ2) is 7.38. The summed E-state index contributed by atoms with van der Waals surface area (Å²) in [5.41, 5.74) is 6.61. The molecule has 1 aromatic carbocycles. The Kier molecular flexibility index (Phi) is 5.01. The van der Waals surface area contributed by atoms with Crippen molar-refractivity contribution in [3.8, 4) is 5.75 Å². The van der Waals surface area contributed by atoms with Crippen LogP contribution in [0.3, 0.4) is 0 Å². The van der Waals surface area contributed by atoms with Crippen LogP contribution in [-0.4, -0.2) is 39.4 Å². The van der Waals surface area contributed by atoms with Crippen molar-refractivity contribution in [2.45, 2.75) is 32.2 Å². The zero-order chi connectivity index (χ0) is 18.7. The van der Waals surface area contributed by atoms with Gasteiger partial charge in [0.1, 0.15) is 11.4 Å². The van der Waals surface area contributed by atoms with E-state index in [2.05, 4.69) is 10.2 Å². The first-order valence-corrected chi connectivity index (χ1v) is 8.40. The maximum atomic E-state index is 12.9. The molecule has 0 aliphatic carbocycles. The van der Waals surface area contributed by atoms with E-state index in [0.29, 0.717) is 23.6 Å². The number of ether oxygens (including phenoxy) is 1. The van der Waals surface area contributed by atoms with E-state index in [-0.39, 0.29) is 17.6 Å². The Hall–Kier alpha value is -3.16. The van der Waals surface area contributed by atoms with Crippen molar-refractivity contribution in [2.75, 3.05) is 6.54 Å². The number of likely N-dealkylation sites (tertiary alicyclic amines) is 1. The lowest BCUT2D eigenvalue weighted by atomic mass is 9.98. The Balaban J connectivity index is 1.81. The predicted octanol–water partition coefficient (Wildman–Crippen LogP) is 1.80. The summed E-state index contributed by atoms with van der Waals surface area (Å²) in [4.78, 5) is 37.0. The Bertz CT molecular complexity index is 828. The second-order valence-electron chi connectivity index (χ2n) is 6.20. The van der Waals surface area contributed by atoms with Gasteiger partial charge < -0.3 is 15.4 Å². The van der Waals surface area contributed by atoms with Crippen molar-refractivity contribution in [1.82, 2.24) is 15.1 Å². The number of carbonyl (C=O) groups is 3. The lowest BCUT2D eigenvalue weighted by Gasteiger charge is -2.35. The number of hydrogen-bond acceptors (Lipinski definition) is 5. The number of aromatic nitrogens is 2. The van der Waals surface area contributed by atoms with Crippen LogP contribution in [-0.2, 0) is 4.79 Å². The fourth-order valence-electron chi connectivity index (χ4n) is 3.13. The Morgan fingerprint density at radius 1 is 1.23 bits per heavy atom. The summed E-state index contributed by atoms with van der Waals surface area (Å²) < 4.78 is 4.99. The fraction of sp³-hybridized carbons (Fsp3) is 0.333. The number of amides is 2. The molecule has 1 fully saturated rings. The number of hydrogen-bond donors (Lipinski definition) is 2. The van der Waals surface area contributed by atoms with Gasteiger partial charge >= 0.3 is 5.97 Å². The number of rotatable bonds is 4. The maximum absolute atomic E-state index is 12.9. The number of esters is 1. The van der Waals surface area contributed by atoms with Gasteiger partial charge in [0, 0.05) is 19.0 Å². The van der Waals surface area contributed by atoms with E-state index >= 15 is 0 Å². The number of benzene rings is 1. The van der Waals surface area contributed by atoms with Crippen molar-refractivity contribution >= 4 is 17.8 Å². The molecule has 26 heavy (non-hydrogen) atoms. The molecule has 1 aliphatic heterocycles. The minimum absolute atomic E-state index is 0.126. The lowest BCUT2D eigenvalue weighted by Crippen LogP contribution is -2.38. The van der Waals surface area contributed by atoms with E-state index in [1.807, 2.05) is 0 Å². The number of primary amides is 1. The van der Waals surface area contributed by atoms with Gasteiger partial charge in [-0.25, -0.2) is 0 Å². The highest BCUT2D eigenvalue weighted by molar-refractivity contribution is 5.95. The quantitative estimate of drug-likeness (QED) is 0.640. The highest BCUT2D eigenvalue weighted by atomic mass is 16.5. The van der Waals surface area contributed by atoms with Crippen molar-refractivity contribution < 1.29 is 19.1 Å². The van der Waals surface area contributed by atoms with Gasteiger partial charge in [0.05, 0.1) is 11.7 Å². The zero-order valence-corrected chi connectivity index (χ0v) is 14.4. The molecular formula is C18H20N4O4. The molecule has 3 rings (SSSR count). The summed E-state index contributed by atoms with van der Waals surface area (Å²) in [6.07, 6.45) is 2.66. The van der Waals surface area contributed by atoms with Crippen LogP contribution >= 0.6 is 0 Å². The molecule has 0 saturated carbocycles. The summed E-state index contributed by atoms with van der Waals surface area (Å²) >= 11 is 0. The molecule has 136 valence electrons. The monoisotopic (exact) mass is 356 g/mol. The molecule has 0 spiro atoms. The molecule has 0 radical (unpaired) electrons. The smallest absolute Gasteiger partial charge is 0.308 e. The van der Waals surface area contributed by atoms with Crippen molar-refractivity contribution in [2.24, 2.45) is 5.73 Å². The van der Waals surface area contributed by atoms with Gasteiger partial charge in [0.25, 0.3) is 11.8 Å². The summed E-state index contributed by atoms with van der Waals surface area (Å²) in [5.74, 6) is -0.755. The van der Waals surface area contributed by atoms with Crippen molar-refractivity contribution in [1.29, 1.82) is 0 Å². The SMILES string of the molecule is CC(=O)Oc1ccc(C(=O)N2CCCCC2c2cc(C(N)=O)n[nH]2)cc1. The number of H-pyrrole nitrogens is 1. The Morgan fingerprint density at radius 2 is 1.96 bits per heavy atom. The molecule has 1 aliphatic rings. The van der Waals surface area contributed by atoms with Crippen LogP contribution in [0, 0.1) is 0 Å². The largest absolute Gasteiger partial charge is 0.427 e. The lowest BCUT2D eigenvalue weighted by molar-refractivity contribution is -0.131. The van der Waals surface area contributed by atoms with Gasteiger partial charge in [0.15, 0.2) is 0 Å². The highest BCUT2D eigenvalue weighted by Crippen LogP contribution is 2.31. The third kappa shape index (κ3) is 3.74. The zero-order valence-electron chi connectivity index (χ0n) is 14.4. The fourth-order valence-corrected chi connectivity index (χ4v) is 3.13. The van der Waals surface area contributed by atoms with Crippen molar-refractivity contribution in [3.05, 3.63) is 47.3 Å². The normalized spacial score (nSPS) is 17.0. The number of nitrogens with two attached hydrogens (primary N) is 1. The van der Waals surface area contributed by atoms with Crippen LogP contribution < -0.4 is 10.5 Å². The molecule has 1 atom stereocenters. The highest BCUT2D eigenvalue weighted by Gasteiger charge is 2.30. The van der Waals surface area contributed by atoms with Gasteiger partial charge in [-0.3, -0.25) is 19.5 Å². The molecule has 1 aromatic heterocycles. The van der Waals surface area contributed by atoms with E-state index in [1.54, 1.807) is 35.2 Å². The van der Waals surface area contributed by atoms with E-state index in [4.69, 9.17) is 10.5 Å². The first-order valence-electron chi connectivity index (χ1n) is 8.40. The topological polar surface area (TPSA) is 118 Å². The summed E-state index contributed by atoms with van der Waals surface area (Å²) in [6, 6.07) is 7.86. The number of aromatic amines is 1. The van der Waals surface area contributed by atoms with Gasteiger partial charge in [-0.2, -0.15) is 5.10 Å². The van der Waals surface area contributed by atoms with E-state index < -0.39 is 11.9 Å². The van der Waals surface area contributed by atoms with Gasteiger partial charge in [-0.05, 0) is 49.6 Å². The van der Waals surface area contributed by atoms with E-state index in [0.717, 1.165) is 19.3 Å². The summed E-state index contributed by atoms with van der Waals surface area (Å²) in [7, 11) is 0. The van der Waals surface area contributed by atoms with Crippen LogP contribution in [0.4, 0.5) is 0 Å². The molecule has 1 unspecified atom stereocenters. The molecular weight excluding hydrogens is 336 g/mol. The molecule has 8 heteroatoms. The first kappa shape index (κ1) is 17.7. The molecule has 8 nitrogen and oxygen atoms in total. The Labute approximate surface area is 150 Å². The van der Waals surface area contributed by atoms with Gasteiger partial charge in [-0.15, -0.1) is 0 Å². The maximum Gasteiger partial charge on any atom is 0.308 e. The Morgan fingerprint density at radius 3 is 2.58 bits per heavy atom. The van der Waals surface area contributed by atoms with E-state index in [1.165, 1.54) is 6.92 Å². The molecule has 0 bridgehead atoms. The molecule has 1 saturated heterocycles. The molecule has 2 aromatic rings. The average Bonchev–Trinajstić information content (AvgIpc) is 3.11. The van der Waals surface area contributed by atoms with Crippen LogP contribution in [0.5, 0.6) is 5.75 Å². The predicted molar refractivity (Wildman–Crippen MR) is 92.5 cm³/mol. The van der Waals surface area contributed by atoms with Crippen LogP contribution in [0.15, 0.2) is 30.3 Å².